The Morgan fingerprint density at radius 3 is 2.74 bits per heavy atom. The minimum absolute atomic E-state index is 0.0790. The number of allylic oxidation sites excluding steroid dienone is 4. The molecule has 0 aromatic heterocycles. The number of fused-ring (bicyclic) bond motifs is 7. The summed E-state index contributed by atoms with van der Waals surface area (Å²) in [5.41, 5.74) is -4.29. The highest BCUT2D eigenvalue weighted by atomic mass is 19.1. The minimum Gasteiger partial charge on any atom is -0.390 e. The predicted molar refractivity (Wildman–Crippen MR) is 124 cm³/mol. The zero-order valence-electron chi connectivity index (χ0n) is 20.7. The Morgan fingerprint density at radius 2 is 2.06 bits per heavy atom. The number of alkyl halides is 1. The minimum atomic E-state index is -1.93. The van der Waals surface area contributed by atoms with Gasteiger partial charge in [0.15, 0.2) is 22.8 Å². The first-order valence-corrected chi connectivity index (χ1v) is 12.8. The topological polar surface area (TPSA) is 87.1 Å². The van der Waals surface area contributed by atoms with Gasteiger partial charge in [-0.2, -0.15) is 5.06 Å². The van der Waals surface area contributed by atoms with Crippen LogP contribution in [0, 0.1) is 34.5 Å². The summed E-state index contributed by atoms with van der Waals surface area (Å²) in [5.74, 6) is -0.805. The van der Waals surface area contributed by atoms with Gasteiger partial charge in [-0.15, -0.1) is 0 Å². The number of hydroxylamine groups is 2. The van der Waals surface area contributed by atoms with Crippen molar-refractivity contribution < 1.29 is 29.0 Å². The Hall–Kier alpha value is -1.41. The third-order valence-electron chi connectivity index (χ3n) is 10.2. The van der Waals surface area contributed by atoms with E-state index >= 15 is 4.39 Å². The van der Waals surface area contributed by atoms with Crippen molar-refractivity contribution in [2.75, 3.05) is 19.7 Å². The molecule has 4 aliphatic carbocycles. The van der Waals surface area contributed by atoms with Crippen LogP contribution in [0.15, 0.2) is 23.8 Å². The molecule has 0 spiro atoms. The lowest BCUT2D eigenvalue weighted by atomic mass is 9.44. The molecule has 34 heavy (non-hydrogen) atoms. The van der Waals surface area contributed by atoms with E-state index in [9.17, 15) is 19.8 Å². The van der Waals surface area contributed by atoms with E-state index in [1.165, 1.54) is 12.2 Å². The monoisotopic (exact) mass is 475 g/mol. The van der Waals surface area contributed by atoms with E-state index < -0.39 is 40.7 Å². The molecule has 5 aliphatic rings. The third kappa shape index (κ3) is 2.87. The molecule has 1 saturated heterocycles. The Balaban J connectivity index is 1.55. The molecule has 5 rings (SSSR count). The van der Waals surface area contributed by atoms with Gasteiger partial charge in [-0.1, -0.05) is 32.4 Å². The normalized spacial score (nSPS) is 47.8. The standard InChI is InChI=1S/C27H38FNO5/c1-16(2)8-10-29-14-18-12-21-20-6-5-17-11-19(31)7-9-24(17,3)26(20,28)22(32)13-25(21,4)27(18,34-29)23(33)15-30/h7,9,11,16,18,20-22,30,32H,5-6,8,10,12-15H2,1-4H3/t18-,20-,21-,22-,24-,25-,26-,27-/m0/s1. The Kier molecular flexibility index (Phi) is 5.57. The predicted octanol–water partition coefficient (Wildman–Crippen LogP) is 3.18. The summed E-state index contributed by atoms with van der Waals surface area (Å²) in [6, 6.07) is 0. The van der Waals surface area contributed by atoms with Gasteiger partial charge in [0.1, 0.15) is 6.61 Å². The second-order valence-corrected chi connectivity index (χ2v) is 12.2. The molecular formula is C27H38FNO5. The maximum absolute atomic E-state index is 17.3. The average molecular weight is 476 g/mol. The van der Waals surface area contributed by atoms with Crippen molar-refractivity contribution >= 4 is 11.6 Å². The van der Waals surface area contributed by atoms with Crippen LogP contribution in [0.4, 0.5) is 4.39 Å². The lowest BCUT2D eigenvalue weighted by Crippen LogP contribution is -2.69. The molecule has 1 heterocycles. The van der Waals surface area contributed by atoms with E-state index in [-0.39, 0.29) is 29.8 Å². The van der Waals surface area contributed by atoms with Crippen molar-refractivity contribution in [2.45, 2.75) is 77.2 Å². The molecule has 4 fully saturated rings. The molecule has 7 heteroatoms. The van der Waals surface area contributed by atoms with Crippen molar-refractivity contribution in [1.29, 1.82) is 0 Å². The highest BCUT2D eigenvalue weighted by molar-refractivity contribution is 6.01. The van der Waals surface area contributed by atoms with E-state index in [0.717, 1.165) is 12.0 Å². The van der Waals surface area contributed by atoms with E-state index in [0.29, 0.717) is 38.3 Å². The Labute approximate surface area is 201 Å². The fraction of sp³-hybridized carbons (Fsp3) is 0.778. The van der Waals surface area contributed by atoms with Crippen molar-refractivity contribution in [3.63, 3.8) is 0 Å². The molecule has 8 atom stereocenters. The fourth-order valence-electron chi connectivity index (χ4n) is 8.48. The number of carbonyl (C=O) groups excluding carboxylic acids is 2. The number of hydrogen-bond acceptors (Lipinski definition) is 6. The van der Waals surface area contributed by atoms with Gasteiger partial charge in [0.05, 0.1) is 6.10 Å². The van der Waals surface area contributed by atoms with E-state index in [4.69, 9.17) is 4.84 Å². The average Bonchev–Trinajstić information content (AvgIpc) is 3.26. The summed E-state index contributed by atoms with van der Waals surface area (Å²) in [6.45, 7) is 8.68. The van der Waals surface area contributed by atoms with E-state index in [1.54, 1.807) is 13.0 Å². The molecule has 0 bridgehead atoms. The van der Waals surface area contributed by atoms with Crippen LogP contribution in [-0.4, -0.2) is 63.9 Å². The first-order chi connectivity index (χ1) is 15.9. The van der Waals surface area contributed by atoms with Crippen molar-refractivity contribution in [2.24, 2.45) is 34.5 Å². The van der Waals surface area contributed by atoms with Gasteiger partial charge in [-0.05, 0) is 63.0 Å². The first-order valence-electron chi connectivity index (χ1n) is 12.8. The van der Waals surface area contributed by atoms with Gasteiger partial charge in [0.2, 0.25) is 0 Å². The highest BCUT2D eigenvalue weighted by Gasteiger charge is 2.78. The smallest absolute Gasteiger partial charge is 0.192 e. The van der Waals surface area contributed by atoms with Gasteiger partial charge in [-0.3, -0.25) is 14.4 Å². The number of aliphatic hydroxyl groups excluding tert-OH is 2. The van der Waals surface area contributed by atoms with Crippen LogP contribution >= 0.6 is 0 Å². The molecule has 0 radical (unpaired) electrons. The summed E-state index contributed by atoms with van der Waals surface area (Å²) in [7, 11) is 0. The van der Waals surface area contributed by atoms with Crippen LogP contribution in [-0.2, 0) is 14.4 Å². The van der Waals surface area contributed by atoms with Crippen LogP contribution in [0.3, 0.4) is 0 Å². The highest BCUT2D eigenvalue weighted by Crippen LogP contribution is 2.72. The van der Waals surface area contributed by atoms with Crippen molar-refractivity contribution in [3.8, 4) is 0 Å². The van der Waals surface area contributed by atoms with Crippen LogP contribution in [0.25, 0.3) is 0 Å². The number of rotatable bonds is 5. The van der Waals surface area contributed by atoms with E-state index in [1.807, 2.05) is 12.0 Å². The molecule has 188 valence electrons. The number of carbonyl (C=O) groups is 2. The van der Waals surface area contributed by atoms with Crippen molar-refractivity contribution in [3.05, 3.63) is 23.8 Å². The lowest BCUT2D eigenvalue weighted by Gasteiger charge is -2.62. The van der Waals surface area contributed by atoms with Crippen molar-refractivity contribution in [1.82, 2.24) is 5.06 Å². The summed E-state index contributed by atoms with van der Waals surface area (Å²) in [5, 5.41) is 23.4. The molecule has 1 aliphatic heterocycles. The van der Waals surface area contributed by atoms with Gasteiger partial charge < -0.3 is 10.2 Å². The second kappa shape index (κ2) is 7.79. The molecular weight excluding hydrogens is 437 g/mol. The molecule has 0 amide bonds. The lowest BCUT2D eigenvalue weighted by molar-refractivity contribution is -0.265. The van der Waals surface area contributed by atoms with Gasteiger partial charge in [-0.25, -0.2) is 4.39 Å². The number of halogens is 1. The quantitative estimate of drug-likeness (QED) is 0.635. The van der Waals surface area contributed by atoms with Crippen LogP contribution in [0.1, 0.15) is 59.8 Å². The van der Waals surface area contributed by atoms with Gasteiger partial charge >= 0.3 is 0 Å². The zero-order valence-corrected chi connectivity index (χ0v) is 20.7. The van der Waals surface area contributed by atoms with Crippen LogP contribution < -0.4 is 0 Å². The number of nitrogens with zero attached hydrogens (tertiary/aromatic N) is 1. The number of Topliss-reactive ketones (excluding diaryl/α,β-unsaturated/α-hetero) is 1. The molecule has 0 unspecified atom stereocenters. The van der Waals surface area contributed by atoms with Gasteiger partial charge in [0, 0.05) is 35.8 Å². The Morgan fingerprint density at radius 1 is 1.32 bits per heavy atom. The molecule has 3 saturated carbocycles. The fourth-order valence-corrected chi connectivity index (χ4v) is 8.48. The van der Waals surface area contributed by atoms with Crippen LogP contribution in [0.5, 0.6) is 0 Å². The summed E-state index contributed by atoms with van der Waals surface area (Å²) < 4.78 is 17.3. The molecule has 0 aromatic rings. The first kappa shape index (κ1) is 24.3. The SMILES string of the molecule is CC(C)CCN1C[C@@H]2C[C@H]3[C@@H]4CCC5=CC(=O)C=C[C@]5(C)[C@@]4(F)[C@@H](O)C[C@]3(C)[C@]2(C(=O)CO)O1. The molecule has 2 N–H and O–H groups in total. The van der Waals surface area contributed by atoms with E-state index in [2.05, 4.69) is 13.8 Å². The number of ketones is 2. The van der Waals surface area contributed by atoms with Gasteiger partial charge in [0.25, 0.3) is 0 Å². The third-order valence-corrected chi connectivity index (χ3v) is 10.2. The maximum Gasteiger partial charge on any atom is 0.192 e. The summed E-state index contributed by atoms with van der Waals surface area (Å²) in [4.78, 5) is 31.9. The number of hydrogen-bond donors (Lipinski definition) is 2. The molecule has 0 aromatic carbocycles. The molecule has 6 nitrogen and oxygen atoms in total. The largest absolute Gasteiger partial charge is 0.390 e. The van der Waals surface area contributed by atoms with Crippen LogP contribution in [0.2, 0.25) is 0 Å². The Bertz CT molecular complexity index is 963. The summed E-state index contributed by atoms with van der Waals surface area (Å²) >= 11 is 0. The summed E-state index contributed by atoms with van der Waals surface area (Å²) in [6.07, 6.45) is 6.03. The second-order valence-electron chi connectivity index (χ2n) is 12.2. The maximum atomic E-state index is 17.3. The zero-order chi connectivity index (χ0) is 24.7. The number of aliphatic hydroxyl groups is 2.